The Balaban J connectivity index is 2.29. The van der Waals surface area contributed by atoms with E-state index in [1.165, 1.54) is 0 Å². The Bertz CT molecular complexity index is 592. The number of hydrogen-bond donors (Lipinski definition) is 0. The van der Waals surface area contributed by atoms with Crippen LogP contribution in [0.4, 0.5) is 17.3 Å². The monoisotopic (exact) mass is 259 g/mol. The average molecular weight is 259 g/mol. The molecule has 19 heavy (non-hydrogen) atoms. The lowest BCUT2D eigenvalue weighted by molar-refractivity contribution is -0.659. The molecule has 0 saturated carbocycles. The van der Waals surface area contributed by atoms with Gasteiger partial charge in [0.25, 0.3) is 0 Å². The van der Waals surface area contributed by atoms with Crippen molar-refractivity contribution >= 4 is 17.3 Å². The van der Waals surface area contributed by atoms with E-state index >= 15 is 0 Å². The molecule has 0 aliphatic heterocycles. The number of rotatable bonds is 3. The molecule has 0 saturated heterocycles. The van der Waals surface area contributed by atoms with Crippen molar-refractivity contribution in [3.63, 3.8) is 0 Å². The van der Waals surface area contributed by atoms with Gasteiger partial charge in [-0.3, -0.25) is 0 Å². The van der Waals surface area contributed by atoms with Crippen LogP contribution in [-0.2, 0) is 14.1 Å². The van der Waals surface area contributed by atoms with Gasteiger partial charge in [0, 0.05) is 24.9 Å². The summed E-state index contributed by atoms with van der Waals surface area (Å²) in [4.78, 5) is 2.06. The summed E-state index contributed by atoms with van der Waals surface area (Å²) in [6.45, 7) is 2.03. The van der Waals surface area contributed by atoms with Gasteiger partial charge in [0.2, 0.25) is 6.33 Å². The van der Waals surface area contributed by atoms with Gasteiger partial charge in [-0.15, -0.1) is 4.68 Å². The quantitative estimate of drug-likeness (QED) is 0.625. The second kappa shape index (κ2) is 5.17. The summed E-state index contributed by atoms with van der Waals surface area (Å²) in [7, 11) is 7.77. The lowest BCUT2D eigenvalue weighted by Crippen LogP contribution is -2.25. The zero-order valence-corrected chi connectivity index (χ0v) is 12.0. The van der Waals surface area contributed by atoms with Gasteiger partial charge in [0.15, 0.2) is 0 Å². The first kappa shape index (κ1) is 13.2. The molecule has 1 aromatic heterocycles. The molecule has 0 unspecified atom stereocenters. The zero-order valence-electron chi connectivity index (χ0n) is 12.0. The first-order valence-electron chi connectivity index (χ1n) is 6.06. The maximum absolute atomic E-state index is 4.30. The zero-order chi connectivity index (χ0) is 14.0. The molecule has 0 bridgehead atoms. The Labute approximate surface area is 113 Å². The van der Waals surface area contributed by atoms with Crippen LogP contribution in [0.1, 0.15) is 5.56 Å². The normalized spacial score (nSPS) is 11.2. The van der Waals surface area contributed by atoms with Crippen molar-refractivity contribution in [3.8, 4) is 0 Å². The summed E-state index contributed by atoms with van der Waals surface area (Å²) in [6, 6.07) is 6.10. The molecule has 0 fully saturated rings. The largest absolute Gasteiger partial charge is 0.403 e. The molecule has 0 N–H and O–H groups in total. The van der Waals surface area contributed by atoms with Gasteiger partial charge in [-0.05, 0) is 35.8 Å². The molecule has 1 aromatic carbocycles. The fourth-order valence-electron chi connectivity index (χ4n) is 1.75. The molecular formula is C13H19N6+. The lowest BCUT2D eigenvalue weighted by Gasteiger charge is -2.13. The highest BCUT2D eigenvalue weighted by atomic mass is 15.4. The van der Waals surface area contributed by atoms with E-state index < -0.39 is 0 Å². The number of benzene rings is 1. The van der Waals surface area contributed by atoms with Gasteiger partial charge in [-0.1, -0.05) is 5.11 Å². The highest BCUT2D eigenvalue weighted by Gasteiger charge is 2.11. The van der Waals surface area contributed by atoms with E-state index in [-0.39, 0.29) is 0 Å². The summed E-state index contributed by atoms with van der Waals surface area (Å²) in [5.74, 6) is 0.705. The number of aromatic nitrogens is 3. The molecule has 0 radical (unpaired) electrons. The summed E-state index contributed by atoms with van der Waals surface area (Å²) in [6.07, 6.45) is 1.70. The minimum Gasteiger partial charge on any atom is -0.378 e. The molecule has 2 aromatic rings. The third-order valence-corrected chi connectivity index (χ3v) is 2.95. The number of nitrogens with zero attached hydrogens (tertiary/aromatic N) is 6. The Kier molecular flexibility index (Phi) is 3.59. The number of aryl methyl sites for hydroxylation is 3. The van der Waals surface area contributed by atoms with E-state index in [1.54, 1.807) is 11.0 Å². The number of azo groups is 1. The molecule has 0 spiro atoms. The van der Waals surface area contributed by atoms with Crippen molar-refractivity contribution in [3.05, 3.63) is 30.1 Å². The number of anilines is 1. The lowest BCUT2D eigenvalue weighted by atomic mass is 10.2. The van der Waals surface area contributed by atoms with E-state index in [9.17, 15) is 0 Å². The highest BCUT2D eigenvalue weighted by molar-refractivity contribution is 5.56. The second-order valence-corrected chi connectivity index (χ2v) is 4.73. The Morgan fingerprint density at radius 1 is 1.26 bits per heavy atom. The van der Waals surface area contributed by atoms with E-state index in [2.05, 4.69) is 26.3 Å². The first-order valence-corrected chi connectivity index (χ1v) is 6.06. The molecule has 100 valence electrons. The van der Waals surface area contributed by atoms with Gasteiger partial charge in [0.05, 0.1) is 14.1 Å². The molecule has 0 amide bonds. The number of hydrogen-bond acceptors (Lipinski definition) is 4. The van der Waals surface area contributed by atoms with Crippen LogP contribution in [0.5, 0.6) is 0 Å². The average Bonchev–Trinajstić information content (AvgIpc) is 2.68. The predicted molar refractivity (Wildman–Crippen MR) is 74.1 cm³/mol. The summed E-state index contributed by atoms with van der Waals surface area (Å²) in [5.41, 5.74) is 3.12. The highest BCUT2D eigenvalue weighted by Crippen LogP contribution is 2.24. The molecule has 1 heterocycles. The minimum atomic E-state index is 0.705. The molecule has 6 heteroatoms. The van der Waals surface area contributed by atoms with Crippen molar-refractivity contribution in [2.24, 2.45) is 24.3 Å². The topological polar surface area (TPSA) is 49.7 Å². The summed E-state index contributed by atoms with van der Waals surface area (Å²) < 4.78 is 3.51. The second-order valence-electron chi connectivity index (χ2n) is 4.73. The molecule has 0 aliphatic rings. The van der Waals surface area contributed by atoms with E-state index in [4.69, 9.17) is 0 Å². The molecule has 0 aliphatic carbocycles. The van der Waals surface area contributed by atoms with Gasteiger partial charge < -0.3 is 4.90 Å². The van der Waals surface area contributed by atoms with Crippen LogP contribution in [0.3, 0.4) is 0 Å². The maximum atomic E-state index is 4.30. The van der Waals surface area contributed by atoms with Crippen LogP contribution < -0.4 is 9.47 Å². The maximum Gasteiger partial charge on any atom is 0.403 e. The van der Waals surface area contributed by atoms with Gasteiger partial charge >= 0.3 is 5.95 Å². The molecule has 6 nitrogen and oxygen atoms in total. The van der Waals surface area contributed by atoms with Crippen LogP contribution >= 0.6 is 0 Å². The fourth-order valence-corrected chi connectivity index (χ4v) is 1.75. The third-order valence-electron chi connectivity index (χ3n) is 2.95. The predicted octanol–water partition coefficient (Wildman–Crippen LogP) is 2.03. The van der Waals surface area contributed by atoms with Crippen molar-refractivity contribution in [2.75, 3.05) is 19.0 Å². The van der Waals surface area contributed by atoms with Crippen LogP contribution in [0, 0.1) is 6.92 Å². The van der Waals surface area contributed by atoms with E-state index in [0.717, 1.165) is 16.9 Å². The fraction of sp³-hybridized carbons (Fsp3) is 0.385. The van der Waals surface area contributed by atoms with Gasteiger partial charge in [0.1, 0.15) is 5.69 Å². The van der Waals surface area contributed by atoms with Crippen molar-refractivity contribution in [1.29, 1.82) is 0 Å². The Morgan fingerprint density at radius 2 is 2.00 bits per heavy atom. The van der Waals surface area contributed by atoms with Crippen molar-refractivity contribution < 1.29 is 4.57 Å². The third kappa shape index (κ3) is 2.78. The van der Waals surface area contributed by atoms with E-state index in [1.807, 2.05) is 51.8 Å². The Morgan fingerprint density at radius 3 is 2.53 bits per heavy atom. The summed E-state index contributed by atoms with van der Waals surface area (Å²) in [5, 5.41) is 12.6. The van der Waals surface area contributed by atoms with Crippen LogP contribution in [0.25, 0.3) is 0 Å². The SMILES string of the molecule is Cc1cc(N(C)C)ccc1N=Nc1n(C)nc[n+]1C. The molecule has 2 rings (SSSR count). The molecular weight excluding hydrogens is 240 g/mol. The van der Waals surface area contributed by atoms with Crippen molar-refractivity contribution in [1.82, 2.24) is 9.78 Å². The standard InChI is InChI=1S/C13H19N6/c1-10-8-11(17(2)3)6-7-12(10)15-16-13-18(4)9-14-19(13)5/h6-9H,1-5H3/q+1. The van der Waals surface area contributed by atoms with Gasteiger partial charge in [-0.25, -0.2) is 4.57 Å². The van der Waals surface area contributed by atoms with Crippen molar-refractivity contribution in [2.45, 2.75) is 6.92 Å². The first-order chi connectivity index (χ1) is 8.99. The summed E-state index contributed by atoms with van der Waals surface area (Å²) >= 11 is 0. The van der Waals surface area contributed by atoms with Crippen LogP contribution in [0.15, 0.2) is 34.8 Å². The van der Waals surface area contributed by atoms with Crippen LogP contribution in [0.2, 0.25) is 0 Å². The smallest absolute Gasteiger partial charge is 0.378 e. The minimum absolute atomic E-state index is 0.705. The van der Waals surface area contributed by atoms with Crippen LogP contribution in [-0.4, -0.2) is 23.9 Å². The van der Waals surface area contributed by atoms with Gasteiger partial charge in [-0.2, -0.15) is 0 Å². The van der Waals surface area contributed by atoms with E-state index in [0.29, 0.717) is 5.95 Å². The molecule has 0 atom stereocenters. The Hall–Kier alpha value is -2.24.